The van der Waals surface area contributed by atoms with Crippen LogP contribution in [0.2, 0.25) is 5.02 Å². The Kier molecular flexibility index (Phi) is 7.36. The Morgan fingerprint density at radius 3 is 2.19 bits per heavy atom. The number of hydrogen-bond acceptors (Lipinski definition) is 3. The monoisotopic (exact) mass is 456 g/mol. The van der Waals surface area contributed by atoms with Gasteiger partial charge in [0.05, 0.1) is 21.6 Å². The van der Waals surface area contributed by atoms with Crippen molar-refractivity contribution >= 4 is 33.2 Å². The molecule has 3 rings (SSSR count). The molecule has 0 aliphatic heterocycles. The van der Waals surface area contributed by atoms with E-state index < -0.39 is 15.9 Å². The van der Waals surface area contributed by atoms with Crippen LogP contribution in [0.25, 0.3) is 0 Å². The predicted molar refractivity (Wildman–Crippen MR) is 125 cm³/mol. The van der Waals surface area contributed by atoms with Gasteiger partial charge < -0.3 is 5.32 Å². The maximum atomic E-state index is 13.4. The first-order chi connectivity index (χ1) is 14.8. The SMILES string of the molecule is CC[C@@H](NC(=O)CN(c1ccccc1Cl)S(=O)(=O)c1ccc(C)cc1)c1ccccc1. The van der Waals surface area contributed by atoms with Crippen molar-refractivity contribution in [3.05, 3.63) is 95.0 Å². The molecular formula is C24H25ClN2O3S. The van der Waals surface area contributed by atoms with Crippen molar-refractivity contribution < 1.29 is 13.2 Å². The van der Waals surface area contributed by atoms with Gasteiger partial charge in [0, 0.05) is 0 Å². The van der Waals surface area contributed by atoms with Gasteiger partial charge in [-0.05, 0) is 43.2 Å². The molecule has 0 heterocycles. The molecule has 1 atom stereocenters. The maximum absolute atomic E-state index is 13.4. The number of halogens is 1. The second kappa shape index (κ2) is 9.98. The van der Waals surface area contributed by atoms with Gasteiger partial charge >= 0.3 is 0 Å². The first-order valence-electron chi connectivity index (χ1n) is 10.0. The Morgan fingerprint density at radius 1 is 0.968 bits per heavy atom. The highest BCUT2D eigenvalue weighted by molar-refractivity contribution is 7.92. The van der Waals surface area contributed by atoms with E-state index in [1.165, 1.54) is 12.1 Å². The predicted octanol–water partition coefficient (Wildman–Crippen LogP) is 5.11. The second-order valence-electron chi connectivity index (χ2n) is 7.22. The zero-order chi connectivity index (χ0) is 22.4. The summed E-state index contributed by atoms with van der Waals surface area (Å²) in [4.78, 5) is 13.1. The molecule has 0 fully saturated rings. The van der Waals surface area contributed by atoms with Gasteiger partial charge in [0.15, 0.2) is 0 Å². The van der Waals surface area contributed by atoms with Gasteiger partial charge in [0.2, 0.25) is 5.91 Å². The van der Waals surface area contributed by atoms with E-state index in [-0.39, 0.29) is 28.2 Å². The van der Waals surface area contributed by atoms with Gasteiger partial charge in [-0.3, -0.25) is 9.10 Å². The average molecular weight is 457 g/mol. The highest BCUT2D eigenvalue weighted by atomic mass is 35.5. The lowest BCUT2D eigenvalue weighted by Crippen LogP contribution is -2.42. The van der Waals surface area contributed by atoms with Crippen molar-refractivity contribution in [1.82, 2.24) is 5.32 Å². The van der Waals surface area contributed by atoms with E-state index >= 15 is 0 Å². The van der Waals surface area contributed by atoms with Crippen molar-refractivity contribution in [1.29, 1.82) is 0 Å². The smallest absolute Gasteiger partial charge is 0.264 e. The molecule has 3 aromatic rings. The number of nitrogens with zero attached hydrogens (tertiary/aromatic N) is 1. The standard InChI is InChI=1S/C24H25ClN2O3S/c1-3-22(19-9-5-4-6-10-19)26-24(28)17-27(23-12-8-7-11-21(23)25)31(29,30)20-15-13-18(2)14-16-20/h4-16,22H,3,17H2,1-2H3,(H,26,28)/t22-/m1/s1. The summed E-state index contributed by atoms with van der Waals surface area (Å²) >= 11 is 6.31. The lowest BCUT2D eigenvalue weighted by atomic mass is 10.0. The van der Waals surface area contributed by atoms with Crippen LogP contribution >= 0.6 is 11.6 Å². The van der Waals surface area contributed by atoms with Crippen LogP contribution in [0.1, 0.15) is 30.5 Å². The number of rotatable bonds is 8. The van der Waals surface area contributed by atoms with Gasteiger partial charge in [-0.2, -0.15) is 0 Å². The number of anilines is 1. The summed E-state index contributed by atoms with van der Waals surface area (Å²) in [6.07, 6.45) is 0.673. The third-order valence-corrected chi connectivity index (χ3v) is 7.06. The van der Waals surface area contributed by atoms with Gasteiger partial charge in [0.25, 0.3) is 10.0 Å². The average Bonchev–Trinajstić information content (AvgIpc) is 2.77. The van der Waals surface area contributed by atoms with E-state index in [1.54, 1.807) is 36.4 Å². The molecule has 0 radical (unpaired) electrons. The number of sulfonamides is 1. The van der Waals surface area contributed by atoms with E-state index in [9.17, 15) is 13.2 Å². The molecule has 0 saturated heterocycles. The second-order valence-corrected chi connectivity index (χ2v) is 9.48. The summed E-state index contributed by atoms with van der Waals surface area (Å²) in [6.45, 7) is 3.46. The minimum absolute atomic E-state index is 0.0981. The van der Waals surface area contributed by atoms with Crippen molar-refractivity contribution in [3.63, 3.8) is 0 Å². The first-order valence-corrected chi connectivity index (χ1v) is 11.8. The van der Waals surface area contributed by atoms with Crippen LogP contribution in [0, 0.1) is 6.92 Å². The van der Waals surface area contributed by atoms with E-state index in [2.05, 4.69) is 5.32 Å². The fraction of sp³-hybridized carbons (Fsp3) is 0.208. The first kappa shape index (κ1) is 22.8. The van der Waals surface area contributed by atoms with Crippen LogP contribution in [-0.4, -0.2) is 20.9 Å². The lowest BCUT2D eigenvalue weighted by molar-refractivity contribution is -0.120. The molecule has 1 amide bonds. The van der Waals surface area contributed by atoms with E-state index in [0.29, 0.717) is 6.42 Å². The summed E-state index contributed by atoms with van der Waals surface area (Å²) in [5.41, 5.74) is 2.16. The number of para-hydroxylation sites is 1. The Morgan fingerprint density at radius 2 is 1.58 bits per heavy atom. The van der Waals surface area contributed by atoms with Crippen LogP contribution < -0.4 is 9.62 Å². The molecule has 7 heteroatoms. The molecule has 0 aliphatic carbocycles. The van der Waals surface area contributed by atoms with Gasteiger partial charge in [-0.25, -0.2) is 8.42 Å². The molecule has 0 aliphatic rings. The van der Waals surface area contributed by atoms with E-state index in [4.69, 9.17) is 11.6 Å². The van der Waals surface area contributed by atoms with Crippen LogP contribution in [0.4, 0.5) is 5.69 Å². The maximum Gasteiger partial charge on any atom is 0.264 e. The molecule has 3 aromatic carbocycles. The van der Waals surface area contributed by atoms with Crippen LogP contribution in [-0.2, 0) is 14.8 Å². The molecule has 0 aromatic heterocycles. The summed E-state index contributed by atoms with van der Waals surface area (Å²) in [7, 11) is -4.01. The number of benzene rings is 3. The largest absolute Gasteiger partial charge is 0.348 e. The molecule has 0 saturated carbocycles. The minimum Gasteiger partial charge on any atom is -0.348 e. The fourth-order valence-electron chi connectivity index (χ4n) is 3.27. The Labute approximate surface area is 188 Å². The summed E-state index contributed by atoms with van der Waals surface area (Å²) in [5.74, 6) is -0.411. The van der Waals surface area contributed by atoms with Crippen molar-refractivity contribution in [2.45, 2.75) is 31.2 Å². The number of carbonyl (C=O) groups excluding carboxylic acids is 1. The van der Waals surface area contributed by atoms with Crippen molar-refractivity contribution in [2.75, 3.05) is 10.8 Å². The quantitative estimate of drug-likeness (QED) is 0.512. The molecular weight excluding hydrogens is 432 g/mol. The molecule has 31 heavy (non-hydrogen) atoms. The van der Waals surface area contributed by atoms with Crippen LogP contribution in [0.3, 0.4) is 0 Å². The number of nitrogens with one attached hydrogen (secondary N) is 1. The normalized spacial score (nSPS) is 12.2. The van der Waals surface area contributed by atoms with Gasteiger partial charge in [-0.15, -0.1) is 0 Å². The number of amides is 1. The van der Waals surface area contributed by atoms with E-state index in [1.807, 2.05) is 44.2 Å². The molecule has 5 nitrogen and oxygen atoms in total. The van der Waals surface area contributed by atoms with Gasteiger partial charge in [-0.1, -0.05) is 78.7 Å². The van der Waals surface area contributed by atoms with E-state index in [0.717, 1.165) is 15.4 Å². The minimum atomic E-state index is -4.01. The lowest BCUT2D eigenvalue weighted by Gasteiger charge is -2.26. The highest BCUT2D eigenvalue weighted by Crippen LogP contribution is 2.30. The Hall–Kier alpha value is -2.83. The third-order valence-electron chi connectivity index (χ3n) is 4.96. The molecule has 0 unspecified atom stereocenters. The van der Waals surface area contributed by atoms with Crippen molar-refractivity contribution in [3.8, 4) is 0 Å². The molecule has 162 valence electrons. The highest BCUT2D eigenvalue weighted by Gasteiger charge is 2.29. The van der Waals surface area contributed by atoms with Crippen LogP contribution in [0.5, 0.6) is 0 Å². The van der Waals surface area contributed by atoms with Crippen LogP contribution in [0.15, 0.2) is 83.8 Å². The zero-order valence-corrected chi connectivity index (χ0v) is 19.0. The number of aryl methyl sites for hydroxylation is 1. The number of hydrogen-bond donors (Lipinski definition) is 1. The Balaban J connectivity index is 1.93. The third kappa shape index (κ3) is 5.46. The topological polar surface area (TPSA) is 66.5 Å². The van der Waals surface area contributed by atoms with Crippen molar-refractivity contribution in [2.24, 2.45) is 0 Å². The Bertz CT molecular complexity index is 1130. The summed E-state index contributed by atoms with van der Waals surface area (Å²) in [5, 5.41) is 3.20. The molecule has 0 bridgehead atoms. The molecule has 1 N–H and O–H groups in total. The fourth-order valence-corrected chi connectivity index (χ4v) is 5.00. The zero-order valence-electron chi connectivity index (χ0n) is 17.5. The van der Waals surface area contributed by atoms with Gasteiger partial charge in [0.1, 0.15) is 6.54 Å². The molecule has 0 spiro atoms. The summed E-state index contributed by atoms with van der Waals surface area (Å²) < 4.78 is 28.0. The number of carbonyl (C=O) groups is 1. The summed E-state index contributed by atoms with van der Waals surface area (Å²) in [6, 6.07) is 22.5.